The largest absolute Gasteiger partial charge is 0.497 e. The molecule has 0 saturated carbocycles. The van der Waals surface area contributed by atoms with Crippen LogP contribution in [0.4, 0.5) is 17.6 Å². The average Bonchev–Trinajstić information content (AvgIpc) is 2.06. The lowest BCUT2D eigenvalue weighted by Gasteiger charge is -2.07. The van der Waals surface area contributed by atoms with E-state index in [1.807, 2.05) is 0 Å². The Morgan fingerprint density at radius 1 is 1.29 bits per heavy atom. The third-order valence-electron chi connectivity index (χ3n) is 1.36. The molecule has 0 N–H and O–H groups in total. The van der Waals surface area contributed by atoms with Gasteiger partial charge in [0.15, 0.2) is 0 Å². The molecule has 0 amide bonds. The maximum Gasteiger partial charge on any atom is 0.446 e. The molecular formula is C8H6F4OS. The van der Waals surface area contributed by atoms with E-state index in [9.17, 15) is 17.6 Å². The van der Waals surface area contributed by atoms with Crippen LogP contribution in [0.2, 0.25) is 0 Å². The number of hydrogen-bond donors (Lipinski definition) is 0. The van der Waals surface area contributed by atoms with E-state index in [1.165, 1.54) is 13.2 Å². The van der Waals surface area contributed by atoms with Crippen LogP contribution in [0.1, 0.15) is 0 Å². The molecule has 0 saturated heterocycles. The van der Waals surface area contributed by atoms with Gasteiger partial charge in [-0.1, -0.05) is 0 Å². The van der Waals surface area contributed by atoms with E-state index in [2.05, 4.69) is 4.74 Å². The highest BCUT2D eigenvalue weighted by Crippen LogP contribution is 2.39. The summed E-state index contributed by atoms with van der Waals surface area (Å²) in [5, 5.41) is 0. The van der Waals surface area contributed by atoms with Gasteiger partial charge < -0.3 is 4.74 Å². The predicted molar refractivity (Wildman–Crippen MR) is 44.9 cm³/mol. The number of benzene rings is 1. The Morgan fingerprint density at radius 2 is 1.93 bits per heavy atom. The molecule has 0 aliphatic heterocycles. The van der Waals surface area contributed by atoms with Crippen LogP contribution in [0.25, 0.3) is 0 Å². The number of rotatable bonds is 2. The van der Waals surface area contributed by atoms with Gasteiger partial charge >= 0.3 is 5.51 Å². The Hall–Kier alpha value is -0.910. The van der Waals surface area contributed by atoms with E-state index >= 15 is 0 Å². The molecule has 0 aliphatic rings. The highest BCUT2D eigenvalue weighted by Gasteiger charge is 2.30. The van der Waals surface area contributed by atoms with E-state index in [0.717, 1.165) is 12.1 Å². The van der Waals surface area contributed by atoms with E-state index in [4.69, 9.17) is 0 Å². The summed E-state index contributed by atoms with van der Waals surface area (Å²) in [5.74, 6) is -0.716. The minimum absolute atomic E-state index is 0.193. The number of methoxy groups -OCH3 is 1. The van der Waals surface area contributed by atoms with E-state index in [0.29, 0.717) is 0 Å². The topological polar surface area (TPSA) is 9.23 Å². The fourth-order valence-corrected chi connectivity index (χ4v) is 1.40. The smallest absolute Gasteiger partial charge is 0.446 e. The maximum atomic E-state index is 12.9. The summed E-state index contributed by atoms with van der Waals surface area (Å²) in [4.78, 5) is -0.489. The van der Waals surface area contributed by atoms with Crippen LogP contribution in [0.15, 0.2) is 23.1 Å². The lowest BCUT2D eigenvalue weighted by molar-refractivity contribution is -0.0329. The van der Waals surface area contributed by atoms with Gasteiger partial charge in [0.1, 0.15) is 11.6 Å². The van der Waals surface area contributed by atoms with Crippen LogP contribution in [-0.4, -0.2) is 12.6 Å². The van der Waals surface area contributed by atoms with Gasteiger partial charge in [0.25, 0.3) is 0 Å². The van der Waals surface area contributed by atoms with Crippen molar-refractivity contribution in [2.75, 3.05) is 7.11 Å². The van der Waals surface area contributed by atoms with Gasteiger partial charge in [-0.3, -0.25) is 0 Å². The predicted octanol–water partition coefficient (Wildman–Crippen LogP) is 3.45. The van der Waals surface area contributed by atoms with Gasteiger partial charge in [0, 0.05) is 0 Å². The van der Waals surface area contributed by atoms with Crippen LogP contribution in [0, 0.1) is 5.82 Å². The molecule has 1 aromatic carbocycles. The number of ether oxygens (including phenoxy) is 1. The van der Waals surface area contributed by atoms with E-state index in [1.54, 1.807) is 0 Å². The number of thioether (sulfide) groups is 1. The van der Waals surface area contributed by atoms with Crippen LogP contribution < -0.4 is 4.74 Å². The summed E-state index contributed by atoms with van der Waals surface area (Å²) in [7, 11) is 1.30. The molecule has 0 atom stereocenters. The van der Waals surface area contributed by atoms with Gasteiger partial charge in [0.2, 0.25) is 0 Å². The molecule has 0 aliphatic carbocycles. The molecule has 0 radical (unpaired) electrons. The fraction of sp³-hybridized carbons (Fsp3) is 0.250. The summed E-state index contributed by atoms with van der Waals surface area (Å²) in [6, 6.07) is 3.20. The molecule has 6 heteroatoms. The van der Waals surface area contributed by atoms with E-state index < -0.39 is 28.0 Å². The standard InChI is InChI=1S/C8H6F4OS/c1-13-5-2-3-6(9)7(4-5)14-8(10,11)12/h2-4H,1H3. The monoisotopic (exact) mass is 226 g/mol. The van der Waals surface area contributed by atoms with Crippen molar-refractivity contribution in [3.63, 3.8) is 0 Å². The zero-order valence-electron chi connectivity index (χ0n) is 7.06. The lowest BCUT2D eigenvalue weighted by atomic mass is 10.3. The molecule has 0 aromatic heterocycles. The van der Waals surface area contributed by atoms with Gasteiger partial charge in [-0.15, -0.1) is 0 Å². The van der Waals surface area contributed by atoms with Gasteiger partial charge in [-0.25, -0.2) is 4.39 Å². The highest BCUT2D eigenvalue weighted by molar-refractivity contribution is 8.00. The summed E-state index contributed by atoms with van der Waals surface area (Å²) in [5.41, 5.74) is -4.49. The van der Waals surface area contributed by atoms with Crippen molar-refractivity contribution in [3.8, 4) is 5.75 Å². The zero-order valence-corrected chi connectivity index (χ0v) is 7.88. The van der Waals surface area contributed by atoms with Crippen molar-refractivity contribution in [1.82, 2.24) is 0 Å². The molecule has 78 valence electrons. The maximum absolute atomic E-state index is 12.9. The lowest BCUT2D eigenvalue weighted by Crippen LogP contribution is -2.00. The Kier molecular flexibility index (Phi) is 3.25. The minimum Gasteiger partial charge on any atom is -0.497 e. The normalized spacial score (nSPS) is 11.5. The SMILES string of the molecule is COc1ccc(F)c(SC(F)(F)F)c1. The van der Waals surface area contributed by atoms with Crippen molar-refractivity contribution < 1.29 is 22.3 Å². The zero-order chi connectivity index (χ0) is 10.8. The highest BCUT2D eigenvalue weighted by atomic mass is 32.2. The minimum atomic E-state index is -4.49. The Morgan fingerprint density at radius 3 is 2.43 bits per heavy atom. The fourth-order valence-electron chi connectivity index (χ4n) is 0.814. The van der Waals surface area contributed by atoms with Crippen molar-refractivity contribution in [3.05, 3.63) is 24.0 Å². The number of halogens is 4. The molecule has 0 heterocycles. The number of hydrogen-bond acceptors (Lipinski definition) is 2. The van der Waals surface area contributed by atoms with Gasteiger partial charge in [-0.05, 0) is 30.0 Å². The molecule has 1 rings (SSSR count). The summed E-state index contributed by atoms with van der Waals surface area (Å²) in [6.45, 7) is 0. The van der Waals surface area contributed by atoms with Crippen molar-refractivity contribution in [1.29, 1.82) is 0 Å². The first-order valence-corrected chi connectivity index (χ1v) is 4.33. The molecule has 1 aromatic rings. The Balaban J connectivity index is 2.95. The van der Waals surface area contributed by atoms with Gasteiger partial charge in [0.05, 0.1) is 12.0 Å². The third-order valence-corrected chi connectivity index (χ3v) is 2.13. The molecule has 0 unspecified atom stereocenters. The quantitative estimate of drug-likeness (QED) is 0.564. The molecular weight excluding hydrogens is 220 g/mol. The first kappa shape index (κ1) is 11.2. The van der Waals surface area contributed by atoms with Crippen molar-refractivity contribution >= 4 is 11.8 Å². The first-order chi connectivity index (χ1) is 6.42. The molecule has 1 nitrogen and oxygen atoms in total. The molecule has 0 spiro atoms. The molecule has 14 heavy (non-hydrogen) atoms. The molecule has 0 bridgehead atoms. The van der Waals surface area contributed by atoms with E-state index in [-0.39, 0.29) is 5.75 Å². The Bertz CT molecular complexity index is 324. The second-order valence-corrected chi connectivity index (χ2v) is 3.45. The Labute approximate surface area is 82.1 Å². The first-order valence-electron chi connectivity index (χ1n) is 3.51. The summed E-state index contributed by atoms with van der Waals surface area (Å²) >= 11 is -0.498. The third kappa shape index (κ3) is 3.10. The van der Waals surface area contributed by atoms with Crippen molar-refractivity contribution in [2.45, 2.75) is 10.4 Å². The van der Waals surface area contributed by atoms with Crippen molar-refractivity contribution in [2.24, 2.45) is 0 Å². The number of alkyl halides is 3. The van der Waals surface area contributed by atoms with Crippen LogP contribution in [0.5, 0.6) is 5.75 Å². The second kappa shape index (κ2) is 4.08. The molecule has 0 fully saturated rings. The summed E-state index contributed by atoms with van der Waals surface area (Å²) in [6.07, 6.45) is 0. The second-order valence-electron chi connectivity index (χ2n) is 2.34. The van der Waals surface area contributed by atoms with Crippen LogP contribution >= 0.6 is 11.8 Å². The average molecular weight is 226 g/mol. The van der Waals surface area contributed by atoms with Crippen LogP contribution in [0.3, 0.4) is 0 Å². The summed E-state index contributed by atoms with van der Waals surface area (Å²) < 4.78 is 53.3. The van der Waals surface area contributed by atoms with Crippen LogP contribution in [-0.2, 0) is 0 Å². The van der Waals surface area contributed by atoms with Gasteiger partial charge in [-0.2, -0.15) is 13.2 Å².